The summed E-state index contributed by atoms with van der Waals surface area (Å²) in [5.74, 6) is 0.699. The van der Waals surface area contributed by atoms with Crippen LogP contribution in [-0.4, -0.2) is 18.1 Å². The van der Waals surface area contributed by atoms with Crippen LogP contribution in [0.4, 0.5) is 5.69 Å². The second-order valence-electron chi connectivity index (χ2n) is 5.03. The standard InChI is InChI=1S/C15H24N2O2/c1-5-6-13(16)15(18)17-12-7-8-14(11(4)9-12)19-10(2)3/h7-10,13H,5-6,16H2,1-4H3,(H,17,18). The third kappa shape index (κ3) is 4.91. The average Bonchev–Trinajstić information content (AvgIpc) is 2.32. The van der Waals surface area contributed by atoms with Gasteiger partial charge in [0, 0.05) is 5.69 Å². The summed E-state index contributed by atoms with van der Waals surface area (Å²) < 4.78 is 5.65. The van der Waals surface area contributed by atoms with Crippen LogP contribution in [0, 0.1) is 6.92 Å². The van der Waals surface area contributed by atoms with E-state index in [1.807, 2.05) is 45.9 Å². The van der Waals surface area contributed by atoms with E-state index < -0.39 is 6.04 Å². The van der Waals surface area contributed by atoms with Crippen molar-refractivity contribution in [1.29, 1.82) is 0 Å². The molecule has 0 aliphatic heterocycles. The molecule has 0 spiro atoms. The number of anilines is 1. The number of rotatable bonds is 6. The predicted octanol–water partition coefficient (Wildman–Crippen LogP) is 2.85. The van der Waals surface area contributed by atoms with Crippen molar-refractivity contribution in [1.82, 2.24) is 0 Å². The lowest BCUT2D eigenvalue weighted by Gasteiger charge is -2.15. The molecule has 1 aromatic rings. The van der Waals surface area contributed by atoms with E-state index >= 15 is 0 Å². The van der Waals surface area contributed by atoms with Crippen LogP contribution in [0.15, 0.2) is 18.2 Å². The molecule has 1 aromatic carbocycles. The molecule has 0 saturated heterocycles. The quantitative estimate of drug-likeness (QED) is 0.830. The summed E-state index contributed by atoms with van der Waals surface area (Å²) in [7, 11) is 0. The molecule has 1 amide bonds. The first kappa shape index (κ1) is 15.5. The van der Waals surface area contributed by atoms with Crippen LogP contribution in [0.2, 0.25) is 0 Å². The Morgan fingerprint density at radius 3 is 2.63 bits per heavy atom. The van der Waals surface area contributed by atoms with E-state index in [4.69, 9.17) is 10.5 Å². The van der Waals surface area contributed by atoms with Crippen molar-refractivity contribution in [2.75, 3.05) is 5.32 Å². The van der Waals surface area contributed by atoms with Crippen LogP contribution in [0.1, 0.15) is 39.2 Å². The van der Waals surface area contributed by atoms with E-state index in [1.54, 1.807) is 0 Å². The van der Waals surface area contributed by atoms with Crippen molar-refractivity contribution in [2.24, 2.45) is 5.73 Å². The molecule has 3 N–H and O–H groups in total. The third-order valence-corrected chi connectivity index (χ3v) is 2.74. The number of hydrogen-bond donors (Lipinski definition) is 2. The lowest BCUT2D eigenvalue weighted by Crippen LogP contribution is -2.35. The molecule has 1 atom stereocenters. The second kappa shape index (κ2) is 7.14. The van der Waals surface area contributed by atoms with Gasteiger partial charge in [-0.15, -0.1) is 0 Å². The van der Waals surface area contributed by atoms with E-state index in [-0.39, 0.29) is 12.0 Å². The minimum absolute atomic E-state index is 0.136. The Labute approximate surface area is 115 Å². The molecule has 0 aliphatic carbocycles. The predicted molar refractivity (Wildman–Crippen MR) is 78.5 cm³/mol. The fourth-order valence-electron chi connectivity index (χ4n) is 1.79. The Bertz CT molecular complexity index is 430. The first-order valence-corrected chi connectivity index (χ1v) is 6.77. The first-order valence-electron chi connectivity index (χ1n) is 6.77. The van der Waals surface area contributed by atoms with Gasteiger partial charge < -0.3 is 15.8 Å². The van der Waals surface area contributed by atoms with Crippen molar-refractivity contribution < 1.29 is 9.53 Å². The van der Waals surface area contributed by atoms with E-state index in [0.717, 1.165) is 23.4 Å². The number of aryl methyl sites for hydroxylation is 1. The minimum atomic E-state index is -0.447. The van der Waals surface area contributed by atoms with Gasteiger partial charge in [0.1, 0.15) is 5.75 Å². The zero-order valence-corrected chi connectivity index (χ0v) is 12.2. The first-order chi connectivity index (χ1) is 8.93. The van der Waals surface area contributed by atoms with Gasteiger partial charge in [-0.05, 0) is 51.0 Å². The van der Waals surface area contributed by atoms with Gasteiger partial charge in [-0.25, -0.2) is 0 Å². The lowest BCUT2D eigenvalue weighted by atomic mass is 10.1. The SMILES string of the molecule is CCCC(N)C(=O)Nc1ccc(OC(C)C)c(C)c1. The summed E-state index contributed by atoms with van der Waals surface area (Å²) >= 11 is 0. The highest BCUT2D eigenvalue weighted by atomic mass is 16.5. The van der Waals surface area contributed by atoms with E-state index in [2.05, 4.69) is 5.32 Å². The minimum Gasteiger partial charge on any atom is -0.491 e. The molecule has 19 heavy (non-hydrogen) atoms. The fraction of sp³-hybridized carbons (Fsp3) is 0.533. The van der Waals surface area contributed by atoms with Crippen molar-refractivity contribution >= 4 is 11.6 Å². The zero-order chi connectivity index (χ0) is 14.4. The highest BCUT2D eigenvalue weighted by molar-refractivity contribution is 5.94. The summed E-state index contributed by atoms with van der Waals surface area (Å²) in [6, 6.07) is 5.16. The highest BCUT2D eigenvalue weighted by Crippen LogP contribution is 2.23. The van der Waals surface area contributed by atoms with Gasteiger partial charge in [0.2, 0.25) is 5.91 Å². The number of nitrogens with one attached hydrogen (secondary N) is 1. The summed E-state index contributed by atoms with van der Waals surface area (Å²) in [5, 5.41) is 2.83. The smallest absolute Gasteiger partial charge is 0.241 e. The van der Waals surface area contributed by atoms with E-state index in [0.29, 0.717) is 6.42 Å². The Morgan fingerprint density at radius 2 is 2.11 bits per heavy atom. The number of hydrogen-bond acceptors (Lipinski definition) is 3. The molecular formula is C15H24N2O2. The van der Waals surface area contributed by atoms with Gasteiger partial charge in [0.05, 0.1) is 12.1 Å². The van der Waals surface area contributed by atoms with Gasteiger partial charge in [0.25, 0.3) is 0 Å². The Hall–Kier alpha value is -1.55. The largest absolute Gasteiger partial charge is 0.491 e. The number of carbonyl (C=O) groups excluding carboxylic acids is 1. The van der Waals surface area contributed by atoms with Crippen LogP contribution >= 0.6 is 0 Å². The van der Waals surface area contributed by atoms with Gasteiger partial charge in [0.15, 0.2) is 0 Å². The Balaban J connectivity index is 2.70. The number of nitrogens with two attached hydrogens (primary N) is 1. The molecule has 0 heterocycles. The summed E-state index contributed by atoms with van der Waals surface area (Å²) in [6.45, 7) is 7.94. The normalized spacial score (nSPS) is 12.3. The molecule has 0 saturated carbocycles. The molecule has 0 radical (unpaired) electrons. The molecule has 0 aromatic heterocycles. The molecule has 0 aliphatic rings. The van der Waals surface area contributed by atoms with Crippen LogP contribution < -0.4 is 15.8 Å². The molecule has 4 nitrogen and oxygen atoms in total. The average molecular weight is 264 g/mol. The topological polar surface area (TPSA) is 64.4 Å². The number of carbonyl (C=O) groups is 1. The molecule has 4 heteroatoms. The lowest BCUT2D eigenvalue weighted by molar-refractivity contribution is -0.117. The van der Waals surface area contributed by atoms with Crippen molar-refractivity contribution in [3.05, 3.63) is 23.8 Å². The van der Waals surface area contributed by atoms with Crippen LogP contribution in [-0.2, 0) is 4.79 Å². The Kier molecular flexibility index (Phi) is 5.83. The van der Waals surface area contributed by atoms with E-state index in [1.165, 1.54) is 0 Å². The number of ether oxygens (including phenoxy) is 1. The van der Waals surface area contributed by atoms with Gasteiger partial charge in [-0.2, -0.15) is 0 Å². The third-order valence-electron chi connectivity index (χ3n) is 2.74. The number of benzene rings is 1. The van der Waals surface area contributed by atoms with Crippen LogP contribution in [0.25, 0.3) is 0 Å². The van der Waals surface area contributed by atoms with E-state index in [9.17, 15) is 4.79 Å². The molecular weight excluding hydrogens is 240 g/mol. The highest BCUT2D eigenvalue weighted by Gasteiger charge is 2.13. The zero-order valence-electron chi connectivity index (χ0n) is 12.2. The molecule has 0 fully saturated rings. The molecule has 106 valence electrons. The van der Waals surface area contributed by atoms with Gasteiger partial charge in [-0.1, -0.05) is 13.3 Å². The fourth-order valence-corrected chi connectivity index (χ4v) is 1.79. The second-order valence-corrected chi connectivity index (χ2v) is 5.03. The maximum absolute atomic E-state index is 11.8. The van der Waals surface area contributed by atoms with Crippen molar-refractivity contribution in [3.63, 3.8) is 0 Å². The maximum atomic E-state index is 11.8. The molecule has 0 bridgehead atoms. The van der Waals surface area contributed by atoms with Crippen LogP contribution in [0.3, 0.4) is 0 Å². The monoisotopic (exact) mass is 264 g/mol. The maximum Gasteiger partial charge on any atom is 0.241 e. The summed E-state index contributed by atoms with van der Waals surface area (Å²) in [4.78, 5) is 11.8. The molecule has 1 rings (SSSR count). The van der Waals surface area contributed by atoms with Gasteiger partial charge >= 0.3 is 0 Å². The van der Waals surface area contributed by atoms with Crippen LogP contribution in [0.5, 0.6) is 5.75 Å². The van der Waals surface area contributed by atoms with Gasteiger partial charge in [-0.3, -0.25) is 4.79 Å². The number of amides is 1. The van der Waals surface area contributed by atoms with Crippen molar-refractivity contribution in [2.45, 2.75) is 52.7 Å². The Morgan fingerprint density at radius 1 is 1.42 bits per heavy atom. The van der Waals surface area contributed by atoms with Crippen molar-refractivity contribution in [3.8, 4) is 5.75 Å². The molecule has 1 unspecified atom stereocenters. The summed E-state index contributed by atoms with van der Waals surface area (Å²) in [6.07, 6.45) is 1.73. The summed E-state index contributed by atoms with van der Waals surface area (Å²) in [5.41, 5.74) is 7.52.